The van der Waals surface area contributed by atoms with Crippen molar-refractivity contribution in [2.75, 3.05) is 33.2 Å². The summed E-state index contributed by atoms with van der Waals surface area (Å²) in [4.78, 5) is 21.0. The van der Waals surface area contributed by atoms with Gasteiger partial charge in [0.05, 0.1) is 11.4 Å². The molecule has 63 heavy (non-hydrogen) atoms. The van der Waals surface area contributed by atoms with Crippen LogP contribution < -0.4 is 5.32 Å². The smallest absolute Gasteiger partial charge is 0.105 e. The van der Waals surface area contributed by atoms with Crippen LogP contribution in [0.4, 0.5) is 0 Å². The van der Waals surface area contributed by atoms with Crippen LogP contribution in [0.3, 0.4) is 0 Å². The Morgan fingerprint density at radius 1 is 0.603 bits per heavy atom. The molecule has 0 spiro atoms. The van der Waals surface area contributed by atoms with Crippen molar-refractivity contribution in [3.8, 4) is 0 Å². The van der Waals surface area contributed by atoms with Gasteiger partial charge in [0.25, 0.3) is 0 Å². The van der Waals surface area contributed by atoms with Gasteiger partial charge in [-0.25, -0.2) is 9.97 Å². The molecular weight excluding hydrogens is 820 g/mol. The number of hydrogen-bond acceptors (Lipinski definition) is 6. The number of fused-ring (bicyclic) bond motifs is 4. The molecule has 330 valence electrons. The number of halogens is 2. The van der Waals surface area contributed by atoms with Gasteiger partial charge in [0.15, 0.2) is 0 Å². The van der Waals surface area contributed by atoms with Gasteiger partial charge in [0.2, 0.25) is 0 Å². The van der Waals surface area contributed by atoms with Crippen molar-refractivity contribution in [3.63, 3.8) is 0 Å². The monoisotopic (exact) mass is 882 g/mol. The highest BCUT2D eigenvalue weighted by atomic mass is 35.5. The van der Waals surface area contributed by atoms with E-state index in [0.717, 1.165) is 73.8 Å². The van der Waals surface area contributed by atoms with E-state index in [1.54, 1.807) is 0 Å². The van der Waals surface area contributed by atoms with Gasteiger partial charge >= 0.3 is 0 Å². The first-order valence-electron chi connectivity index (χ1n) is 22.1. The number of rotatable bonds is 8. The Labute approximate surface area is 385 Å². The van der Waals surface area contributed by atoms with Gasteiger partial charge in [-0.15, -0.1) is 0 Å². The zero-order valence-electron chi connectivity index (χ0n) is 35.6. The van der Waals surface area contributed by atoms with E-state index in [-0.39, 0.29) is 14.9 Å². The number of piperidine rings is 2. The Balaban J connectivity index is 0.000000183. The van der Waals surface area contributed by atoms with E-state index in [1.807, 2.05) is 36.9 Å². The number of hydrogen-bond donors (Lipinski definition) is 1. The van der Waals surface area contributed by atoms with Crippen LogP contribution >= 0.6 is 23.2 Å². The number of nitrogens with one attached hydrogen (secondary N) is 1. The van der Waals surface area contributed by atoms with Crippen LogP contribution in [0.2, 0.25) is 10.0 Å². The van der Waals surface area contributed by atoms with Gasteiger partial charge in [-0.3, -0.25) is 9.97 Å². The highest BCUT2D eigenvalue weighted by Gasteiger charge is 2.35. The topological polar surface area (TPSA) is 76.7 Å². The summed E-state index contributed by atoms with van der Waals surface area (Å²) in [6.07, 6.45) is 23.0. The van der Waals surface area contributed by atoms with E-state index < -0.39 is 0 Å². The summed E-state index contributed by atoms with van der Waals surface area (Å²) < 4.78 is 4.43. The number of pyridine rings is 2. The standard InChI is InChI=1S/C26H29ClN4.C25H27ClN4.2CH4/c1-18-28-11-15-31(18)14-9-20-16-21-4-3-10-29-26(21)25(19-7-12-30(2)13-8-19)23-6-5-22(27)17-24(20)23;1-17-28-12-14-30(17)13-8-19-15-20-3-2-9-29-25(20)24(18-6-10-27-11-7-18)22-5-4-21(26)16-23(19)22;;/h3-6,10-11,15-17,19,25H,7-9,12-14H2,1-2H3;2-5,9,12,14-16,18,24,27H,6-8,10-11,13H2,1H3;2*1H4. The van der Waals surface area contributed by atoms with Crippen LogP contribution in [0.25, 0.3) is 23.3 Å². The molecule has 6 aromatic rings. The molecule has 2 saturated heterocycles. The minimum absolute atomic E-state index is 0. The van der Waals surface area contributed by atoms with E-state index in [0.29, 0.717) is 23.7 Å². The number of aromatic nitrogens is 6. The van der Waals surface area contributed by atoms with Gasteiger partial charge in [-0.1, -0.05) is 62.3 Å². The molecule has 4 aromatic heterocycles. The van der Waals surface area contributed by atoms with Crippen molar-refractivity contribution in [3.05, 3.63) is 164 Å². The number of imidazole rings is 2. The Morgan fingerprint density at radius 3 is 1.51 bits per heavy atom. The first kappa shape index (κ1) is 46.1. The van der Waals surface area contributed by atoms with Gasteiger partial charge in [0.1, 0.15) is 11.6 Å². The minimum atomic E-state index is 0. The minimum Gasteiger partial charge on any atom is -0.335 e. The molecule has 0 radical (unpaired) electrons. The average Bonchev–Trinajstić information content (AvgIpc) is 3.82. The fourth-order valence-electron chi connectivity index (χ4n) is 10.3. The first-order valence-corrected chi connectivity index (χ1v) is 22.8. The molecule has 2 aromatic carbocycles. The second-order valence-corrected chi connectivity index (χ2v) is 18.2. The second-order valence-electron chi connectivity index (χ2n) is 17.3. The lowest BCUT2D eigenvalue weighted by atomic mass is 9.76. The molecule has 0 saturated carbocycles. The maximum absolute atomic E-state index is 6.52. The van der Waals surface area contributed by atoms with Crippen LogP contribution in [0.1, 0.15) is 122 Å². The third-order valence-electron chi connectivity index (χ3n) is 13.6. The van der Waals surface area contributed by atoms with Gasteiger partial charge in [-0.05, 0) is 191 Å². The van der Waals surface area contributed by atoms with Crippen molar-refractivity contribution in [1.29, 1.82) is 0 Å². The fraction of sp³-hybridized carbons (Fsp3) is 0.396. The lowest BCUT2D eigenvalue weighted by Gasteiger charge is -2.35. The maximum atomic E-state index is 6.52. The SMILES string of the molecule is C.C.Cc1nccn1CCC1=Cc2cccnc2C(C2CCN(C)CC2)c2ccc(Cl)cc21.Cc1nccn1CCC1=Cc2cccnc2C(C2CCNCC2)c2ccc(Cl)cc21. The molecule has 1 N–H and O–H groups in total. The van der Waals surface area contributed by atoms with Crippen molar-refractivity contribution >= 4 is 46.5 Å². The number of likely N-dealkylation sites (tertiary alicyclic amines) is 1. The molecule has 8 nitrogen and oxygen atoms in total. The molecule has 2 atom stereocenters. The molecule has 2 unspecified atom stereocenters. The fourth-order valence-corrected chi connectivity index (χ4v) is 10.6. The molecule has 0 amide bonds. The number of allylic oxidation sites excluding steroid dienone is 2. The van der Waals surface area contributed by atoms with Crippen LogP contribution in [0.5, 0.6) is 0 Å². The molecule has 2 fully saturated rings. The third kappa shape index (κ3) is 10.1. The third-order valence-corrected chi connectivity index (χ3v) is 14.0. The van der Waals surface area contributed by atoms with Crippen LogP contribution in [-0.4, -0.2) is 67.2 Å². The van der Waals surface area contributed by atoms with Crippen molar-refractivity contribution in [1.82, 2.24) is 39.3 Å². The normalized spacial score (nSPS) is 18.6. The molecular formula is C53H64Cl2N8. The molecule has 6 heterocycles. The zero-order chi connectivity index (χ0) is 41.9. The molecule has 2 aliphatic heterocycles. The van der Waals surface area contributed by atoms with E-state index in [9.17, 15) is 0 Å². The van der Waals surface area contributed by atoms with E-state index >= 15 is 0 Å². The first-order chi connectivity index (χ1) is 29.8. The summed E-state index contributed by atoms with van der Waals surface area (Å²) >= 11 is 13.0. The van der Waals surface area contributed by atoms with Crippen molar-refractivity contribution in [2.24, 2.45) is 11.8 Å². The molecule has 10 rings (SSSR count). The second kappa shape index (κ2) is 20.8. The predicted octanol–water partition coefficient (Wildman–Crippen LogP) is 12.2. The van der Waals surface area contributed by atoms with Crippen LogP contribution in [0.15, 0.2) is 97.8 Å². The van der Waals surface area contributed by atoms with Gasteiger partial charge in [-0.2, -0.15) is 0 Å². The Bertz CT molecular complexity index is 2540. The number of benzene rings is 2. The lowest BCUT2D eigenvalue weighted by Crippen LogP contribution is -2.33. The Hall–Kier alpha value is -4.86. The summed E-state index contributed by atoms with van der Waals surface area (Å²) in [6.45, 7) is 10.4. The Kier molecular flexibility index (Phi) is 15.2. The molecule has 0 bridgehead atoms. The van der Waals surface area contributed by atoms with Gasteiger partial charge in [0, 0.05) is 72.2 Å². The number of aryl methyl sites for hydroxylation is 4. The number of nitrogens with zero attached hydrogens (tertiary/aromatic N) is 7. The lowest BCUT2D eigenvalue weighted by molar-refractivity contribution is 0.206. The van der Waals surface area contributed by atoms with E-state index in [1.165, 1.54) is 81.6 Å². The predicted molar refractivity (Wildman–Crippen MR) is 263 cm³/mol. The largest absolute Gasteiger partial charge is 0.335 e. The van der Waals surface area contributed by atoms with E-state index in [2.05, 4.69) is 123 Å². The summed E-state index contributed by atoms with van der Waals surface area (Å²) in [6, 6.07) is 21.4. The van der Waals surface area contributed by atoms with Crippen LogP contribution in [-0.2, 0) is 13.1 Å². The summed E-state index contributed by atoms with van der Waals surface area (Å²) in [7, 11) is 2.22. The average molecular weight is 884 g/mol. The Morgan fingerprint density at radius 2 is 1.06 bits per heavy atom. The van der Waals surface area contributed by atoms with Crippen molar-refractivity contribution in [2.45, 2.75) is 92.2 Å². The summed E-state index contributed by atoms with van der Waals surface area (Å²) in [5.74, 6) is 3.88. The maximum Gasteiger partial charge on any atom is 0.105 e. The molecule has 10 heteroatoms. The van der Waals surface area contributed by atoms with Crippen LogP contribution in [0, 0.1) is 25.7 Å². The van der Waals surface area contributed by atoms with Gasteiger partial charge < -0.3 is 19.4 Å². The summed E-state index contributed by atoms with van der Waals surface area (Å²) in [5.41, 5.74) is 12.9. The molecule has 2 aliphatic carbocycles. The molecule has 4 aliphatic rings. The quantitative estimate of drug-likeness (QED) is 0.164. The zero-order valence-corrected chi connectivity index (χ0v) is 37.1. The van der Waals surface area contributed by atoms with Crippen molar-refractivity contribution < 1.29 is 0 Å². The highest BCUT2D eigenvalue weighted by Crippen LogP contribution is 2.47. The van der Waals surface area contributed by atoms with E-state index in [4.69, 9.17) is 33.2 Å². The summed E-state index contributed by atoms with van der Waals surface area (Å²) in [5, 5.41) is 5.10. The highest BCUT2D eigenvalue weighted by molar-refractivity contribution is 6.31.